The van der Waals surface area contributed by atoms with Crippen LogP contribution in [0.2, 0.25) is 0 Å². The number of hydrogen-bond donors (Lipinski definition) is 1. The molecule has 7 heteroatoms. The van der Waals surface area contributed by atoms with Gasteiger partial charge in [0.15, 0.2) is 0 Å². The molecule has 2 heterocycles. The van der Waals surface area contributed by atoms with Gasteiger partial charge in [-0.3, -0.25) is 9.59 Å². The maximum Gasteiger partial charge on any atom is 0.272 e. The Morgan fingerprint density at radius 2 is 2.00 bits per heavy atom. The smallest absolute Gasteiger partial charge is 0.272 e. The van der Waals surface area contributed by atoms with Crippen molar-refractivity contribution in [3.63, 3.8) is 0 Å². The molecule has 0 aliphatic carbocycles. The fraction of sp³-hybridized carbons (Fsp3) is 0.455. The first-order valence-corrected chi connectivity index (χ1v) is 9.99. The average Bonchev–Trinajstić information content (AvgIpc) is 2.67. The zero-order valence-corrected chi connectivity index (χ0v) is 17.2. The number of anilines is 1. The second-order valence-corrected chi connectivity index (χ2v) is 7.75. The number of rotatable bonds is 5. The normalized spacial score (nSPS) is 16.6. The summed E-state index contributed by atoms with van der Waals surface area (Å²) in [5.41, 5.74) is 2.54. The molecule has 1 N–H and O–H groups in total. The summed E-state index contributed by atoms with van der Waals surface area (Å²) >= 11 is 0. The second-order valence-electron chi connectivity index (χ2n) is 7.75. The summed E-state index contributed by atoms with van der Waals surface area (Å²) in [4.78, 5) is 35.5. The molecule has 1 aromatic heterocycles. The summed E-state index contributed by atoms with van der Waals surface area (Å²) in [5, 5.41) is 2.85. The molecule has 1 aromatic carbocycles. The number of hydrogen-bond acceptors (Lipinski definition) is 4. The standard InChI is InChI=1S/C22H27FN4O2/c1-14-11-18(23)7-8-19(14)26-21(28)9-6-17-5-4-10-27(13-17)22(29)20-12-15(2)24-16(3)25-20/h7-8,11-12,17H,4-6,9-10,13H2,1-3H3,(H,26,28). The quantitative estimate of drug-likeness (QED) is 0.831. The number of piperidine rings is 1. The average molecular weight is 398 g/mol. The van der Waals surface area contributed by atoms with Gasteiger partial charge in [0.2, 0.25) is 5.91 Å². The molecule has 1 unspecified atom stereocenters. The molecule has 1 fully saturated rings. The first-order valence-electron chi connectivity index (χ1n) is 9.99. The van der Waals surface area contributed by atoms with E-state index < -0.39 is 0 Å². The Hall–Kier alpha value is -2.83. The van der Waals surface area contributed by atoms with Crippen LogP contribution in [0.5, 0.6) is 0 Å². The first-order chi connectivity index (χ1) is 13.8. The maximum atomic E-state index is 13.2. The van der Waals surface area contributed by atoms with Crippen molar-refractivity contribution in [3.05, 3.63) is 52.9 Å². The van der Waals surface area contributed by atoms with Gasteiger partial charge in [-0.2, -0.15) is 0 Å². The van der Waals surface area contributed by atoms with E-state index in [-0.39, 0.29) is 23.5 Å². The molecule has 1 atom stereocenters. The highest BCUT2D eigenvalue weighted by atomic mass is 19.1. The van der Waals surface area contributed by atoms with Crippen molar-refractivity contribution >= 4 is 17.5 Å². The van der Waals surface area contributed by atoms with E-state index in [4.69, 9.17) is 0 Å². The third-order valence-corrected chi connectivity index (χ3v) is 5.23. The zero-order chi connectivity index (χ0) is 21.0. The largest absolute Gasteiger partial charge is 0.337 e. The Kier molecular flexibility index (Phi) is 6.56. The molecule has 3 rings (SSSR count). The third kappa shape index (κ3) is 5.59. The van der Waals surface area contributed by atoms with Crippen LogP contribution >= 0.6 is 0 Å². The van der Waals surface area contributed by atoms with E-state index in [0.29, 0.717) is 48.7 Å². The van der Waals surface area contributed by atoms with Crippen molar-refractivity contribution < 1.29 is 14.0 Å². The molecule has 0 bridgehead atoms. The van der Waals surface area contributed by atoms with Gasteiger partial charge in [0.05, 0.1) is 0 Å². The van der Waals surface area contributed by atoms with Crippen LogP contribution in [0.25, 0.3) is 0 Å². The number of benzene rings is 1. The van der Waals surface area contributed by atoms with E-state index in [1.54, 1.807) is 26.0 Å². The number of aromatic nitrogens is 2. The van der Waals surface area contributed by atoms with Gasteiger partial charge in [-0.05, 0) is 75.8 Å². The first kappa shape index (κ1) is 20.9. The van der Waals surface area contributed by atoms with Crippen LogP contribution in [-0.2, 0) is 4.79 Å². The minimum Gasteiger partial charge on any atom is -0.337 e. The SMILES string of the molecule is Cc1cc(C(=O)N2CCCC(CCC(=O)Nc3ccc(F)cc3C)C2)nc(C)n1. The monoisotopic (exact) mass is 398 g/mol. The molecule has 0 saturated carbocycles. The van der Waals surface area contributed by atoms with Crippen LogP contribution in [0.4, 0.5) is 10.1 Å². The van der Waals surface area contributed by atoms with E-state index in [0.717, 1.165) is 18.5 Å². The predicted octanol–water partition coefficient (Wildman–Crippen LogP) is 3.81. The van der Waals surface area contributed by atoms with Crippen LogP contribution in [-0.4, -0.2) is 39.8 Å². The Balaban J connectivity index is 1.54. The number of carbonyl (C=O) groups is 2. The molecule has 0 radical (unpaired) electrons. The molecule has 154 valence electrons. The lowest BCUT2D eigenvalue weighted by molar-refractivity contribution is -0.116. The molecule has 1 aliphatic rings. The fourth-order valence-corrected chi connectivity index (χ4v) is 3.79. The number of amides is 2. The molecule has 2 amide bonds. The van der Waals surface area contributed by atoms with Gasteiger partial charge in [0.1, 0.15) is 17.3 Å². The van der Waals surface area contributed by atoms with Crippen molar-refractivity contribution in [2.24, 2.45) is 5.92 Å². The highest BCUT2D eigenvalue weighted by Crippen LogP contribution is 2.23. The Morgan fingerprint density at radius 1 is 1.21 bits per heavy atom. The minimum absolute atomic E-state index is 0.0744. The minimum atomic E-state index is -0.318. The van der Waals surface area contributed by atoms with E-state index in [1.165, 1.54) is 12.1 Å². The number of likely N-dealkylation sites (tertiary alicyclic amines) is 1. The number of carbonyl (C=O) groups excluding carboxylic acids is 2. The lowest BCUT2D eigenvalue weighted by Gasteiger charge is -2.32. The van der Waals surface area contributed by atoms with Gasteiger partial charge >= 0.3 is 0 Å². The molecular formula is C22H27FN4O2. The molecule has 29 heavy (non-hydrogen) atoms. The van der Waals surface area contributed by atoms with E-state index in [1.807, 2.05) is 11.8 Å². The van der Waals surface area contributed by atoms with Crippen molar-refractivity contribution in [2.45, 2.75) is 46.5 Å². The molecule has 1 aliphatic heterocycles. The van der Waals surface area contributed by atoms with Crippen LogP contribution < -0.4 is 5.32 Å². The molecule has 1 saturated heterocycles. The van der Waals surface area contributed by atoms with Crippen molar-refractivity contribution in [1.29, 1.82) is 0 Å². The molecule has 6 nitrogen and oxygen atoms in total. The van der Waals surface area contributed by atoms with Crippen molar-refractivity contribution in [2.75, 3.05) is 18.4 Å². The van der Waals surface area contributed by atoms with Gasteiger partial charge < -0.3 is 10.2 Å². The molecule has 0 spiro atoms. The number of nitrogens with one attached hydrogen (secondary N) is 1. The second kappa shape index (κ2) is 9.11. The number of halogens is 1. The van der Waals surface area contributed by atoms with Gasteiger partial charge in [-0.1, -0.05) is 0 Å². The molecule has 2 aromatic rings. The summed E-state index contributed by atoms with van der Waals surface area (Å²) in [7, 11) is 0. The van der Waals surface area contributed by atoms with Crippen LogP contribution in [0.15, 0.2) is 24.3 Å². The summed E-state index contributed by atoms with van der Waals surface area (Å²) in [6, 6.07) is 6.04. The van der Waals surface area contributed by atoms with Crippen molar-refractivity contribution in [3.8, 4) is 0 Å². The van der Waals surface area contributed by atoms with Crippen LogP contribution in [0.3, 0.4) is 0 Å². The van der Waals surface area contributed by atoms with E-state index in [9.17, 15) is 14.0 Å². The lowest BCUT2D eigenvalue weighted by Crippen LogP contribution is -2.40. The highest BCUT2D eigenvalue weighted by Gasteiger charge is 2.26. The fourth-order valence-electron chi connectivity index (χ4n) is 3.79. The number of aryl methyl sites for hydroxylation is 3. The third-order valence-electron chi connectivity index (χ3n) is 5.23. The van der Waals surface area contributed by atoms with Gasteiger partial charge in [-0.25, -0.2) is 14.4 Å². The van der Waals surface area contributed by atoms with Crippen LogP contribution in [0.1, 0.15) is 53.3 Å². The summed E-state index contributed by atoms with van der Waals surface area (Å²) in [6.07, 6.45) is 2.99. The van der Waals surface area contributed by atoms with E-state index >= 15 is 0 Å². The Morgan fingerprint density at radius 3 is 2.72 bits per heavy atom. The van der Waals surface area contributed by atoms with Crippen LogP contribution in [0, 0.1) is 32.5 Å². The van der Waals surface area contributed by atoms with Gasteiger partial charge in [0, 0.05) is 30.9 Å². The Labute approximate surface area is 170 Å². The number of nitrogens with zero attached hydrogens (tertiary/aromatic N) is 3. The van der Waals surface area contributed by atoms with Gasteiger partial charge in [-0.15, -0.1) is 0 Å². The van der Waals surface area contributed by atoms with Crippen molar-refractivity contribution in [1.82, 2.24) is 14.9 Å². The van der Waals surface area contributed by atoms with E-state index in [2.05, 4.69) is 15.3 Å². The topological polar surface area (TPSA) is 75.2 Å². The predicted molar refractivity (Wildman–Crippen MR) is 109 cm³/mol. The molecular weight excluding hydrogens is 371 g/mol. The summed E-state index contributed by atoms with van der Waals surface area (Å²) in [6.45, 7) is 6.73. The summed E-state index contributed by atoms with van der Waals surface area (Å²) < 4.78 is 13.2. The summed E-state index contributed by atoms with van der Waals surface area (Å²) in [5.74, 6) is 0.382. The lowest BCUT2D eigenvalue weighted by atomic mass is 9.93. The Bertz CT molecular complexity index is 895. The highest BCUT2D eigenvalue weighted by molar-refractivity contribution is 5.92. The zero-order valence-electron chi connectivity index (χ0n) is 17.2. The maximum absolute atomic E-state index is 13.2. The van der Waals surface area contributed by atoms with Gasteiger partial charge in [0.25, 0.3) is 5.91 Å².